The van der Waals surface area contributed by atoms with E-state index >= 15 is 0 Å². The quantitative estimate of drug-likeness (QED) is 0.486. The highest BCUT2D eigenvalue weighted by Crippen LogP contribution is 2.38. The molecule has 1 aromatic rings. The molecule has 0 N–H and O–H groups in total. The van der Waals surface area contributed by atoms with Crippen molar-refractivity contribution < 1.29 is 22.6 Å². The molecular weight excluding hydrogens is 365 g/mol. The van der Waals surface area contributed by atoms with Crippen LogP contribution in [0.1, 0.15) is 62.5 Å². The Bertz CT molecular complexity index is 749. The molecule has 1 aliphatic carbocycles. The number of hydrogen-bond donors (Lipinski definition) is 0. The maximum atomic E-state index is 14.6. The number of alkyl halides is 1. The third-order valence-corrected chi connectivity index (χ3v) is 5.67. The lowest BCUT2D eigenvalue weighted by Gasteiger charge is -2.31. The molecule has 0 amide bonds. The van der Waals surface area contributed by atoms with Gasteiger partial charge in [-0.1, -0.05) is 31.4 Å². The van der Waals surface area contributed by atoms with E-state index in [1.165, 1.54) is 6.07 Å². The van der Waals surface area contributed by atoms with Gasteiger partial charge < -0.3 is 9.47 Å². The molecule has 0 radical (unpaired) electrons. The average molecular weight is 392 g/mol. The third kappa shape index (κ3) is 4.79. The van der Waals surface area contributed by atoms with E-state index < -0.39 is 23.6 Å². The van der Waals surface area contributed by atoms with Crippen LogP contribution in [0.4, 0.5) is 13.2 Å². The van der Waals surface area contributed by atoms with Crippen molar-refractivity contribution in [2.75, 3.05) is 13.2 Å². The molecular formula is C23H27F3O2. The van der Waals surface area contributed by atoms with Crippen molar-refractivity contribution in [1.29, 1.82) is 0 Å². The van der Waals surface area contributed by atoms with Crippen LogP contribution < -0.4 is 0 Å². The van der Waals surface area contributed by atoms with Crippen LogP contribution in [0.5, 0.6) is 0 Å². The van der Waals surface area contributed by atoms with Gasteiger partial charge in [-0.25, -0.2) is 13.2 Å². The molecule has 1 saturated carbocycles. The lowest BCUT2D eigenvalue weighted by atomic mass is 9.78. The number of allylic oxidation sites excluding steroid dienone is 1. The van der Waals surface area contributed by atoms with Crippen molar-refractivity contribution in [2.24, 2.45) is 5.92 Å². The van der Waals surface area contributed by atoms with Crippen LogP contribution in [0.3, 0.4) is 0 Å². The fraction of sp³-hybridized carbons (Fsp3) is 0.565. The Labute approximate surface area is 165 Å². The first-order valence-corrected chi connectivity index (χ1v) is 10.00. The van der Waals surface area contributed by atoms with E-state index in [4.69, 9.17) is 9.47 Å². The minimum absolute atomic E-state index is 0.0222. The van der Waals surface area contributed by atoms with Crippen molar-refractivity contribution in [3.8, 4) is 11.8 Å². The summed E-state index contributed by atoms with van der Waals surface area (Å²) in [7, 11) is 0. The van der Waals surface area contributed by atoms with Crippen LogP contribution in [0.15, 0.2) is 24.8 Å². The maximum absolute atomic E-state index is 14.6. The molecule has 0 unspecified atom stereocenters. The minimum Gasteiger partial charge on any atom is -0.339 e. The normalized spacial score (nSPS) is 30.4. The molecule has 1 heterocycles. The van der Waals surface area contributed by atoms with Gasteiger partial charge in [0.2, 0.25) is 6.29 Å². The van der Waals surface area contributed by atoms with E-state index in [1.54, 1.807) is 6.07 Å². The number of benzene rings is 1. The van der Waals surface area contributed by atoms with Gasteiger partial charge in [0, 0.05) is 0 Å². The molecule has 1 aliphatic heterocycles. The second-order valence-electron chi connectivity index (χ2n) is 7.80. The topological polar surface area (TPSA) is 18.5 Å². The van der Waals surface area contributed by atoms with E-state index in [0.717, 1.165) is 25.7 Å². The predicted molar refractivity (Wildman–Crippen MR) is 103 cm³/mol. The number of halogens is 3. The van der Waals surface area contributed by atoms with E-state index in [0.29, 0.717) is 24.3 Å². The zero-order valence-corrected chi connectivity index (χ0v) is 16.3. The van der Waals surface area contributed by atoms with E-state index in [2.05, 4.69) is 18.4 Å². The van der Waals surface area contributed by atoms with E-state index in [9.17, 15) is 13.2 Å². The third-order valence-electron chi connectivity index (χ3n) is 5.67. The summed E-state index contributed by atoms with van der Waals surface area (Å²) in [5, 5.41) is 0. The highest BCUT2D eigenvalue weighted by Gasteiger charge is 2.35. The summed E-state index contributed by atoms with van der Waals surface area (Å²) in [6, 6.07) is 3.12. The van der Waals surface area contributed by atoms with E-state index in [1.807, 2.05) is 13.0 Å². The molecule has 1 aromatic carbocycles. The molecule has 152 valence electrons. The highest BCUT2D eigenvalue weighted by molar-refractivity contribution is 5.40. The minimum atomic E-state index is -1.50. The number of ether oxygens (including phenoxy) is 2. The molecule has 1 saturated heterocycles. The van der Waals surface area contributed by atoms with Gasteiger partial charge in [0.15, 0.2) is 17.3 Å². The van der Waals surface area contributed by atoms with Crippen LogP contribution in [0.2, 0.25) is 0 Å². The van der Waals surface area contributed by atoms with Gasteiger partial charge in [-0.2, -0.15) is 0 Å². The predicted octanol–water partition coefficient (Wildman–Crippen LogP) is 5.66. The summed E-state index contributed by atoms with van der Waals surface area (Å²) >= 11 is 0. The van der Waals surface area contributed by atoms with E-state index in [-0.39, 0.29) is 24.7 Å². The van der Waals surface area contributed by atoms with Crippen molar-refractivity contribution >= 4 is 0 Å². The Kier molecular flexibility index (Phi) is 6.85. The molecule has 2 aliphatic rings. The van der Waals surface area contributed by atoms with Crippen LogP contribution in [-0.2, 0) is 9.47 Å². The summed E-state index contributed by atoms with van der Waals surface area (Å²) < 4.78 is 54.0. The number of hydrogen-bond acceptors (Lipinski definition) is 2. The second-order valence-corrected chi connectivity index (χ2v) is 7.80. The van der Waals surface area contributed by atoms with Gasteiger partial charge in [-0.05, 0) is 61.5 Å². The highest BCUT2D eigenvalue weighted by atomic mass is 19.2. The van der Waals surface area contributed by atoms with Crippen LogP contribution >= 0.6 is 0 Å². The molecule has 0 atom stereocenters. The van der Waals surface area contributed by atoms with Gasteiger partial charge in [0.05, 0.1) is 18.8 Å². The maximum Gasteiger partial charge on any atom is 0.223 e. The molecule has 0 aromatic heterocycles. The van der Waals surface area contributed by atoms with Crippen molar-refractivity contribution in [1.82, 2.24) is 0 Å². The molecule has 0 bridgehead atoms. The standard InChI is InChI=1S/C23H27F3O2/c1-3-13-23(26)14-27-20(28-15-23)12-10-18-9-11-19(22(25)21(18)24)17-7-5-16(4-2)6-8-17/h4,9,11,16-17,20H,2-3,5-8,13-15H2,1H3. The Hall–Kier alpha value is -1.77. The molecule has 28 heavy (non-hydrogen) atoms. The van der Waals surface area contributed by atoms with Crippen molar-refractivity contribution in [3.63, 3.8) is 0 Å². The van der Waals surface area contributed by atoms with Gasteiger partial charge in [0.1, 0.15) is 0 Å². The Morgan fingerprint density at radius 1 is 1.14 bits per heavy atom. The smallest absolute Gasteiger partial charge is 0.223 e. The average Bonchev–Trinajstić information content (AvgIpc) is 2.71. The van der Waals surface area contributed by atoms with Crippen LogP contribution in [-0.4, -0.2) is 25.2 Å². The first-order chi connectivity index (χ1) is 13.5. The van der Waals surface area contributed by atoms with Crippen molar-refractivity contribution in [3.05, 3.63) is 47.5 Å². The van der Waals surface area contributed by atoms with Gasteiger partial charge >= 0.3 is 0 Å². The largest absolute Gasteiger partial charge is 0.339 e. The summed E-state index contributed by atoms with van der Waals surface area (Å²) in [4.78, 5) is 0. The monoisotopic (exact) mass is 392 g/mol. The lowest BCUT2D eigenvalue weighted by molar-refractivity contribution is -0.208. The number of rotatable bonds is 4. The Morgan fingerprint density at radius 3 is 2.43 bits per heavy atom. The van der Waals surface area contributed by atoms with Crippen LogP contribution in [0, 0.1) is 29.4 Å². The van der Waals surface area contributed by atoms with Crippen molar-refractivity contribution in [2.45, 2.75) is 63.3 Å². The molecule has 2 fully saturated rings. The summed E-state index contributed by atoms with van der Waals surface area (Å²) in [6.07, 6.45) is 5.58. The zero-order valence-electron chi connectivity index (χ0n) is 16.3. The van der Waals surface area contributed by atoms with Crippen LogP contribution in [0.25, 0.3) is 0 Å². The summed E-state index contributed by atoms with van der Waals surface area (Å²) in [5.41, 5.74) is -1.13. The first kappa shape index (κ1) is 21.0. The first-order valence-electron chi connectivity index (χ1n) is 10.00. The lowest BCUT2D eigenvalue weighted by Crippen LogP contribution is -2.43. The van der Waals surface area contributed by atoms with Gasteiger partial charge in [-0.15, -0.1) is 6.58 Å². The fourth-order valence-electron chi connectivity index (χ4n) is 3.99. The molecule has 2 nitrogen and oxygen atoms in total. The Morgan fingerprint density at radius 2 is 1.82 bits per heavy atom. The van der Waals surface area contributed by atoms with Gasteiger partial charge in [-0.3, -0.25) is 0 Å². The fourth-order valence-corrected chi connectivity index (χ4v) is 3.99. The second kappa shape index (κ2) is 9.15. The molecule has 5 heteroatoms. The summed E-state index contributed by atoms with van der Waals surface area (Å²) in [5.74, 6) is 3.91. The molecule has 3 rings (SSSR count). The van der Waals surface area contributed by atoms with Gasteiger partial charge in [0.25, 0.3) is 0 Å². The summed E-state index contributed by atoms with van der Waals surface area (Å²) in [6.45, 7) is 5.48. The SMILES string of the molecule is C=CC1CCC(c2ccc(C#CC3OCC(F)(CCC)CO3)c(F)c2F)CC1. The Balaban J connectivity index is 1.66. The zero-order chi connectivity index (χ0) is 20.1. The molecule has 0 spiro atoms.